The Morgan fingerprint density at radius 1 is 0.494 bits per heavy atom. The van der Waals surface area contributed by atoms with E-state index in [-0.39, 0.29) is 19.4 Å². The molecule has 11 heteroatoms. The first-order valence-electron chi connectivity index (χ1n) is 32.7. The Hall–Kier alpha value is -2.90. The highest BCUT2D eigenvalue weighted by Crippen LogP contribution is 2.26. The molecular weight excluding hydrogens is 991 g/mol. The molecule has 1 heterocycles. The van der Waals surface area contributed by atoms with Crippen molar-refractivity contribution in [3.63, 3.8) is 0 Å². The quantitative estimate of drug-likeness (QED) is 0.0195. The number of carbonyl (C=O) groups is 2. The van der Waals surface area contributed by atoms with Crippen LogP contribution in [0.2, 0.25) is 0 Å². The van der Waals surface area contributed by atoms with Crippen LogP contribution in [0.15, 0.2) is 72.9 Å². The Kier molecular flexibility index (Phi) is 52.2. The van der Waals surface area contributed by atoms with Crippen LogP contribution in [-0.2, 0) is 23.8 Å². The van der Waals surface area contributed by atoms with Crippen molar-refractivity contribution in [2.75, 3.05) is 13.2 Å². The lowest BCUT2D eigenvalue weighted by Crippen LogP contribution is -2.61. The van der Waals surface area contributed by atoms with E-state index in [1.54, 1.807) is 6.08 Å². The molecule has 0 spiro atoms. The summed E-state index contributed by atoms with van der Waals surface area (Å²) in [7, 11) is 0. The van der Waals surface area contributed by atoms with Crippen LogP contribution < -0.4 is 5.32 Å². The average Bonchev–Trinajstić information content (AvgIpc) is 3.49. The smallest absolute Gasteiger partial charge is 0.306 e. The summed E-state index contributed by atoms with van der Waals surface area (Å²) < 4.78 is 17.6. The lowest BCUT2D eigenvalue weighted by Gasteiger charge is -2.41. The topological polar surface area (TPSA) is 175 Å². The Bertz CT molecular complexity index is 1560. The van der Waals surface area contributed by atoms with E-state index < -0.39 is 67.4 Å². The van der Waals surface area contributed by atoms with Gasteiger partial charge in [-0.05, 0) is 96.3 Å². The number of nitrogens with one attached hydrogen (secondary N) is 1. The van der Waals surface area contributed by atoms with Gasteiger partial charge in [-0.3, -0.25) is 9.59 Å². The Labute approximate surface area is 483 Å². The van der Waals surface area contributed by atoms with E-state index in [4.69, 9.17) is 14.2 Å². The molecule has 1 fully saturated rings. The van der Waals surface area contributed by atoms with Crippen molar-refractivity contribution in [1.29, 1.82) is 0 Å². The molecule has 0 aromatic heterocycles. The molecule has 8 unspecified atom stereocenters. The van der Waals surface area contributed by atoms with E-state index in [0.717, 1.165) is 96.3 Å². The molecule has 0 aliphatic carbocycles. The van der Waals surface area contributed by atoms with Gasteiger partial charge in [0.2, 0.25) is 5.91 Å². The van der Waals surface area contributed by atoms with Gasteiger partial charge >= 0.3 is 5.97 Å². The van der Waals surface area contributed by atoms with Crippen molar-refractivity contribution >= 4 is 11.9 Å². The highest BCUT2D eigenvalue weighted by molar-refractivity contribution is 5.80. The van der Waals surface area contributed by atoms with Crippen LogP contribution in [0.3, 0.4) is 0 Å². The monoisotopic (exact) mass is 1110 g/mol. The SMILES string of the molecule is CCCCC/C=C\C/C=C\C/C=C\CCCCCCC(=O)OC1C(OCC(NC(=O)C(O)CCCCCCCCCCCC/C=C\C/C=C\CCCCC)C(O)/C=C/CCCCCCCCCCCCC)OC(CO)C(O)C1O. The average molecular weight is 1110 g/mol. The molecule has 79 heavy (non-hydrogen) atoms. The lowest BCUT2D eigenvalue weighted by atomic mass is 9.99. The minimum Gasteiger partial charge on any atom is -0.454 e. The minimum atomic E-state index is -1.63. The first-order valence-corrected chi connectivity index (χ1v) is 32.7. The van der Waals surface area contributed by atoms with Crippen molar-refractivity contribution in [2.24, 2.45) is 0 Å². The zero-order valence-corrected chi connectivity index (χ0v) is 50.7. The second-order valence-corrected chi connectivity index (χ2v) is 22.5. The summed E-state index contributed by atoms with van der Waals surface area (Å²) in [5, 5.41) is 57.1. The van der Waals surface area contributed by atoms with Gasteiger partial charge in [-0.15, -0.1) is 0 Å². The third kappa shape index (κ3) is 43.5. The van der Waals surface area contributed by atoms with Crippen LogP contribution in [0, 0.1) is 0 Å². The summed E-state index contributed by atoms with van der Waals surface area (Å²) in [4.78, 5) is 26.6. The molecule has 8 atom stereocenters. The van der Waals surface area contributed by atoms with Crippen LogP contribution in [-0.4, -0.2) is 99.6 Å². The molecule has 1 aliphatic heterocycles. The van der Waals surface area contributed by atoms with E-state index in [1.807, 2.05) is 6.08 Å². The number of amides is 1. The molecule has 6 N–H and O–H groups in total. The van der Waals surface area contributed by atoms with Gasteiger partial charge in [0.15, 0.2) is 12.4 Å². The van der Waals surface area contributed by atoms with Crippen LogP contribution >= 0.6 is 0 Å². The van der Waals surface area contributed by atoms with Gasteiger partial charge in [-0.1, -0.05) is 254 Å². The van der Waals surface area contributed by atoms with Crippen molar-refractivity contribution in [2.45, 2.75) is 333 Å². The number of unbranched alkanes of at least 4 members (excludes halogenated alkanes) is 31. The highest BCUT2D eigenvalue weighted by Gasteiger charge is 2.47. The van der Waals surface area contributed by atoms with Gasteiger partial charge in [0.1, 0.15) is 24.4 Å². The number of carbonyl (C=O) groups excluding carboxylic acids is 2. The second-order valence-electron chi connectivity index (χ2n) is 22.5. The number of rotatable bonds is 55. The van der Waals surface area contributed by atoms with Gasteiger partial charge in [0, 0.05) is 6.42 Å². The number of aliphatic hydroxyl groups excluding tert-OH is 5. The molecule has 0 radical (unpaired) electrons. The Balaban J connectivity index is 2.68. The number of allylic oxidation sites excluding steroid dienone is 11. The normalized spacial score (nSPS) is 19.3. The third-order valence-corrected chi connectivity index (χ3v) is 15.1. The van der Waals surface area contributed by atoms with Gasteiger partial charge in [-0.2, -0.15) is 0 Å². The molecule has 0 bridgehead atoms. The molecule has 1 amide bonds. The molecule has 0 saturated carbocycles. The predicted molar refractivity (Wildman–Crippen MR) is 329 cm³/mol. The van der Waals surface area contributed by atoms with Crippen molar-refractivity contribution in [3.05, 3.63) is 72.9 Å². The third-order valence-electron chi connectivity index (χ3n) is 15.1. The van der Waals surface area contributed by atoms with Gasteiger partial charge < -0.3 is 45.1 Å². The molecule has 1 aliphatic rings. The van der Waals surface area contributed by atoms with Gasteiger partial charge in [-0.25, -0.2) is 0 Å². The number of esters is 1. The Morgan fingerprint density at radius 3 is 1.33 bits per heavy atom. The maximum absolute atomic E-state index is 13.5. The number of ether oxygens (including phenoxy) is 3. The molecular formula is C68H121NO10. The maximum Gasteiger partial charge on any atom is 0.306 e. The standard InChI is InChI=1S/C68H121NO10/c1-4-7-10-13-16-19-22-25-27-29-30-31-33-34-37-40-43-46-49-52-55-61(72)67(76)69-59(60(71)54-51-48-45-42-39-36-24-21-18-15-12-9-6-3)58-77-68-66(65(75)64(74)62(57-70)78-68)79-63(73)56-53-50-47-44-41-38-35-32-28-26-23-20-17-14-11-8-5-2/h16-17,19-20,25-28,35,38,51,54,59-62,64-66,68,70-72,74-75H,4-15,18,21-24,29-34,36-37,39-50,52-53,55-58H2,1-3H3,(H,69,76)/b19-16-,20-17-,27-25-,28-26-,38-35-,54-51+. The van der Waals surface area contributed by atoms with E-state index in [0.29, 0.717) is 12.8 Å². The van der Waals surface area contributed by atoms with E-state index in [2.05, 4.69) is 86.8 Å². The van der Waals surface area contributed by atoms with Crippen molar-refractivity contribution < 1.29 is 49.3 Å². The van der Waals surface area contributed by atoms with Crippen LogP contribution in [0.1, 0.15) is 284 Å². The summed E-state index contributed by atoms with van der Waals surface area (Å²) in [6, 6.07) is -1.03. The van der Waals surface area contributed by atoms with Crippen LogP contribution in [0.25, 0.3) is 0 Å². The molecule has 1 saturated heterocycles. The van der Waals surface area contributed by atoms with Gasteiger partial charge in [0.25, 0.3) is 0 Å². The van der Waals surface area contributed by atoms with E-state index in [9.17, 15) is 35.1 Å². The fourth-order valence-electron chi connectivity index (χ4n) is 9.86. The van der Waals surface area contributed by atoms with Crippen LogP contribution in [0.5, 0.6) is 0 Å². The fourth-order valence-corrected chi connectivity index (χ4v) is 9.86. The summed E-state index contributed by atoms with van der Waals surface area (Å²) in [6.45, 7) is 5.74. The van der Waals surface area contributed by atoms with Gasteiger partial charge in [0.05, 0.1) is 25.4 Å². The summed E-state index contributed by atoms with van der Waals surface area (Å²) in [5.41, 5.74) is 0. The summed E-state index contributed by atoms with van der Waals surface area (Å²) >= 11 is 0. The maximum atomic E-state index is 13.5. The molecule has 458 valence electrons. The zero-order chi connectivity index (χ0) is 57.5. The number of hydrogen-bond donors (Lipinski definition) is 6. The Morgan fingerprint density at radius 2 is 0.873 bits per heavy atom. The second kappa shape index (κ2) is 55.6. The van der Waals surface area contributed by atoms with Crippen LogP contribution in [0.4, 0.5) is 0 Å². The molecule has 1 rings (SSSR count). The molecule has 0 aromatic carbocycles. The molecule has 11 nitrogen and oxygen atoms in total. The number of aliphatic hydroxyl groups is 5. The number of hydrogen-bond acceptors (Lipinski definition) is 10. The first-order chi connectivity index (χ1) is 38.7. The molecule has 0 aromatic rings. The zero-order valence-electron chi connectivity index (χ0n) is 50.7. The van der Waals surface area contributed by atoms with E-state index in [1.165, 1.54) is 141 Å². The largest absolute Gasteiger partial charge is 0.454 e. The van der Waals surface area contributed by atoms with E-state index >= 15 is 0 Å². The minimum absolute atomic E-state index is 0.0961. The fraction of sp³-hybridized carbons (Fsp3) is 0.794. The lowest BCUT2D eigenvalue weighted by molar-refractivity contribution is -0.305. The first kappa shape index (κ1) is 74.1. The highest BCUT2D eigenvalue weighted by atomic mass is 16.7. The summed E-state index contributed by atoms with van der Waals surface area (Å²) in [6.07, 6.45) is 60.7. The summed E-state index contributed by atoms with van der Waals surface area (Å²) in [5.74, 6) is -1.22. The van der Waals surface area contributed by atoms with Crippen molar-refractivity contribution in [3.8, 4) is 0 Å². The van der Waals surface area contributed by atoms with Crippen molar-refractivity contribution in [1.82, 2.24) is 5.32 Å². The predicted octanol–water partition coefficient (Wildman–Crippen LogP) is 16.0.